The van der Waals surface area contributed by atoms with Gasteiger partial charge in [0.25, 0.3) is 0 Å². The zero-order chi connectivity index (χ0) is 22.7. The lowest BCUT2D eigenvalue weighted by Crippen LogP contribution is -2.23. The summed E-state index contributed by atoms with van der Waals surface area (Å²) in [5.74, 6) is 2.15. The van der Waals surface area contributed by atoms with Crippen molar-refractivity contribution in [1.82, 2.24) is 15.3 Å². The van der Waals surface area contributed by atoms with E-state index in [1.807, 2.05) is 13.3 Å². The van der Waals surface area contributed by atoms with Crippen molar-refractivity contribution < 1.29 is 14.4 Å². The van der Waals surface area contributed by atoms with E-state index in [2.05, 4.69) is 38.1 Å². The van der Waals surface area contributed by atoms with E-state index in [1.165, 1.54) is 17.3 Å². The number of fused-ring (bicyclic) bond motifs is 1. The molecule has 0 saturated carbocycles. The van der Waals surface area contributed by atoms with Crippen molar-refractivity contribution in [2.24, 2.45) is 0 Å². The van der Waals surface area contributed by atoms with Crippen LogP contribution < -0.4 is 25.2 Å². The molecule has 0 saturated heterocycles. The Hall–Kier alpha value is -2.80. The summed E-state index contributed by atoms with van der Waals surface area (Å²) in [4.78, 5) is 8.86. The number of nitrogens with zero attached hydrogens (tertiary/aromatic N) is 2. The zero-order valence-corrected chi connectivity index (χ0v) is 19.7. The predicted molar refractivity (Wildman–Crippen MR) is 130 cm³/mol. The van der Waals surface area contributed by atoms with E-state index in [4.69, 9.17) is 20.9 Å². The Labute approximate surface area is 193 Å². The fourth-order valence-electron chi connectivity index (χ4n) is 3.43. The minimum atomic E-state index is -0.686. The van der Waals surface area contributed by atoms with Crippen molar-refractivity contribution >= 4 is 42.9 Å². The van der Waals surface area contributed by atoms with Gasteiger partial charge in [-0.2, -0.15) is 4.98 Å². The highest BCUT2D eigenvalue weighted by Gasteiger charge is 2.16. The standard InChI is InChI=1S/C22H25ClN5O3P/c1-30-19-9-13-6-7-24-11-14(13)8-18(19)27-22-25-12-16(23)21(28-22)26-17-5-4-15(29)10-20(17)31-32(2)3/h4-5,8-10,12,24,29H,6-7,11H2,1-3H3,(H2,25,26,27,28). The number of ether oxygens (including phenoxy) is 1. The van der Waals surface area contributed by atoms with E-state index < -0.39 is 8.15 Å². The molecule has 1 aromatic heterocycles. The molecule has 0 atom stereocenters. The van der Waals surface area contributed by atoms with Gasteiger partial charge in [0.05, 0.1) is 32.8 Å². The fourth-order valence-corrected chi connectivity index (χ4v) is 4.11. The first-order valence-corrected chi connectivity index (χ1v) is 12.6. The van der Waals surface area contributed by atoms with E-state index in [-0.39, 0.29) is 5.75 Å². The fraction of sp³-hybridized carbons (Fsp3) is 0.273. The molecule has 2 heterocycles. The number of nitrogens with one attached hydrogen (secondary N) is 3. The second-order valence-corrected chi connectivity index (χ2v) is 9.69. The molecule has 0 fully saturated rings. The smallest absolute Gasteiger partial charge is 0.229 e. The number of methoxy groups -OCH3 is 1. The van der Waals surface area contributed by atoms with Crippen LogP contribution >= 0.6 is 19.7 Å². The van der Waals surface area contributed by atoms with Crippen LogP contribution in [0.15, 0.2) is 36.5 Å². The van der Waals surface area contributed by atoms with Gasteiger partial charge in [-0.1, -0.05) is 11.6 Å². The summed E-state index contributed by atoms with van der Waals surface area (Å²) in [5, 5.41) is 20.0. The van der Waals surface area contributed by atoms with Gasteiger partial charge in [-0.15, -0.1) is 0 Å². The minimum absolute atomic E-state index is 0.118. The van der Waals surface area contributed by atoms with Gasteiger partial charge >= 0.3 is 0 Å². The Bertz CT molecular complexity index is 1130. The van der Waals surface area contributed by atoms with Crippen LogP contribution in [0.3, 0.4) is 0 Å². The average molecular weight is 474 g/mol. The molecule has 8 nitrogen and oxygen atoms in total. The van der Waals surface area contributed by atoms with E-state index >= 15 is 0 Å². The van der Waals surface area contributed by atoms with E-state index in [0.717, 1.165) is 30.9 Å². The number of hydrogen-bond acceptors (Lipinski definition) is 8. The van der Waals surface area contributed by atoms with Gasteiger partial charge in [0.2, 0.25) is 5.95 Å². The maximum Gasteiger partial charge on any atom is 0.229 e. The molecule has 0 aliphatic carbocycles. The van der Waals surface area contributed by atoms with E-state index in [9.17, 15) is 5.11 Å². The second kappa shape index (κ2) is 9.77. The molecule has 0 radical (unpaired) electrons. The molecule has 0 amide bonds. The van der Waals surface area contributed by atoms with Crippen LogP contribution in [0, 0.1) is 0 Å². The summed E-state index contributed by atoms with van der Waals surface area (Å²) in [6.45, 7) is 5.72. The van der Waals surface area contributed by atoms with Crippen LogP contribution in [-0.2, 0) is 13.0 Å². The van der Waals surface area contributed by atoms with Gasteiger partial charge in [0, 0.05) is 12.6 Å². The number of phenolic OH excluding ortho intramolecular Hbond substituents is 1. The number of benzene rings is 2. The summed E-state index contributed by atoms with van der Waals surface area (Å²) in [5.41, 5.74) is 3.91. The summed E-state index contributed by atoms with van der Waals surface area (Å²) < 4.78 is 11.4. The normalized spacial score (nSPS) is 12.9. The summed E-state index contributed by atoms with van der Waals surface area (Å²) >= 11 is 6.36. The topological polar surface area (TPSA) is 101 Å². The van der Waals surface area contributed by atoms with Crippen LogP contribution in [0.5, 0.6) is 17.2 Å². The highest BCUT2D eigenvalue weighted by molar-refractivity contribution is 7.51. The van der Waals surface area contributed by atoms with Gasteiger partial charge in [0.1, 0.15) is 22.3 Å². The van der Waals surface area contributed by atoms with Crippen LogP contribution in [0.2, 0.25) is 5.02 Å². The molecule has 4 rings (SSSR count). The first-order chi connectivity index (χ1) is 15.4. The molecule has 10 heteroatoms. The molecule has 4 N–H and O–H groups in total. The first-order valence-electron chi connectivity index (χ1n) is 10.1. The number of rotatable bonds is 7. The number of aromatic nitrogens is 2. The number of aromatic hydroxyl groups is 1. The Balaban J connectivity index is 1.62. The molecule has 1 aliphatic heterocycles. The van der Waals surface area contributed by atoms with Crippen molar-refractivity contribution in [3.8, 4) is 17.2 Å². The van der Waals surface area contributed by atoms with Gasteiger partial charge in [-0.05, 0) is 61.7 Å². The molecule has 0 unspecified atom stereocenters. The number of halogens is 1. The molecule has 2 aromatic carbocycles. The van der Waals surface area contributed by atoms with E-state index in [0.29, 0.717) is 28.2 Å². The van der Waals surface area contributed by atoms with Crippen molar-refractivity contribution in [3.63, 3.8) is 0 Å². The Kier molecular flexibility index (Phi) is 6.84. The third-order valence-electron chi connectivity index (χ3n) is 4.90. The summed E-state index contributed by atoms with van der Waals surface area (Å²) in [7, 11) is 0.960. The maximum atomic E-state index is 9.83. The third kappa shape index (κ3) is 5.15. The predicted octanol–water partition coefficient (Wildman–Crippen LogP) is 5.01. The van der Waals surface area contributed by atoms with Crippen molar-refractivity contribution in [1.29, 1.82) is 0 Å². The quantitative estimate of drug-likeness (QED) is 0.280. The van der Waals surface area contributed by atoms with Gasteiger partial charge in [-0.3, -0.25) is 0 Å². The molecule has 0 bridgehead atoms. The second-order valence-electron chi connectivity index (χ2n) is 7.47. The molecular weight excluding hydrogens is 449 g/mol. The van der Waals surface area contributed by atoms with Crippen molar-refractivity contribution in [2.45, 2.75) is 13.0 Å². The molecule has 3 aromatic rings. The Morgan fingerprint density at radius 3 is 2.72 bits per heavy atom. The Morgan fingerprint density at radius 1 is 1.09 bits per heavy atom. The number of hydrogen-bond donors (Lipinski definition) is 4. The maximum absolute atomic E-state index is 9.83. The third-order valence-corrected chi connectivity index (χ3v) is 5.74. The van der Waals surface area contributed by atoms with Gasteiger partial charge in [-0.25, -0.2) is 4.98 Å². The highest BCUT2D eigenvalue weighted by atomic mass is 35.5. The lowest BCUT2D eigenvalue weighted by Gasteiger charge is -2.20. The number of phenols is 1. The largest absolute Gasteiger partial charge is 0.508 e. The van der Waals surface area contributed by atoms with Crippen LogP contribution in [0.4, 0.5) is 23.1 Å². The van der Waals surface area contributed by atoms with Crippen molar-refractivity contribution in [3.05, 3.63) is 52.7 Å². The lowest BCUT2D eigenvalue weighted by atomic mass is 10.00. The summed E-state index contributed by atoms with van der Waals surface area (Å²) in [6.07, 6.45) is 2.49. The Morgan fingerprint density at radius 2 is 1.94 bits per heavy atom. The highest BCUT2D eigenvalue weighted by Crippen LogP contribution is 2.39. The van der Waals surface area contributed by atoms with Gasteiger partial charge < -0.3 is 30.3 Å². The number of anilines is 4. The zero-order valence-electron chi connectivity index (χ0n) is 18.1. The van der Waals surface area contributed by atoms with E-state index in [1.54, 1.807) is 25.3 Å². The minimum Gasteiger partial charge on any atom is -0.508 e. The molecule has 1 aliphatic rings. The summed E-state index contributed by atoms with van der Waals surface area (Å²) in [6, 6.07) is 8.96. The molecule has 0 spiro atoms. The lowest BCUT2D eigenvalue weighted by molar-refractivity contribution is 0.415. The SMILES string of the molecule is COc1cc2c(cc1Nc1ncc(Cl)c(Nc3ccc(O)cc3OP(C)C)n1)CNCC2. The van der Waals surface area contributed by atoms with Crippen molar-refractivity contribution in [2.75, 3.05) is 37.6 Å². The van der Waals surface area contributed by atoms with Gasteiger partial charge in [0.15, 0.2) is 5.82 Å². The van der Waals surface area contributed by atoms with Crippen LogP contribution in [0.1, 0.15) is 11.1 Å². The monoisotopic (exact) mass is 473 g/mol. The molecular formula is C22H25ClN5O3P. The first kappa shape index (κ1) is 22.4. The molecule has 32 heavy (non-hydrogen) atoms. The molecule has 168 valence electrons. The average Bonchev–Trinajstić information content (AvgIpc) is 2.77. The van der Waals surface area contributed by atoms with Crippen LogP contribution in [0.25, 0.3) is 0 Å². The van der Waals surface area contributed by atoms with Crippen LogP contribution in [-0.4, -0.2) is 42.1 Å².